The Hall–Kier alpha value is -2.67. The Bertz CT molecular complexity index is 877. The molecule has 0 radical (unpaired) electrons. The topological polar surface area (TPSA) is 46.3 Å². The predicted octanol–water partition coefficient (Wildman–Crippen LogP) is 4.06. The fourth-order valence-corrected chi connectivity index (χ4v) is 2.21. The Balaban J connectivity index is 2.15. The summed E-state index contributed by atoms with van der Waals surface area (Å²) in [6.45, 7) is -0.579. The highest BCUT2D eigenvalue weighted by atomic mass is 19.2. The number of aromatic nitrogens is 1. The van der Waals surface area contributed by atoms with Crippen LogP contribution in [0.15, 0.2) is 40.9 Å². The molecule has 0 amide bonds. The van der Waals surface area contributed by atoms with Crippen LogP contribution in [0.3, 0.4) is 0 Å². The molecule has 0 aliphatic heterocycles. The molecule has 3 aromatic rings. The molecule has 0 saturated carbocycles. The van der Waals surface area contributed by atoms with Crippen LogP contribution in [0.2, 0.25) is 0 Å². The van der Waals surface area contributed by atoms with Gasteiger partial charge in [0.05, 0.1) is 17.7 Å². The van der Waals surface area contributed by atoms with Gasteiger partial charge in [0.2, 0.25) is 0 Å². The fraction of sp³-hybridized carbons (Fsp3) is 0.0625. The van der Waals surface area contributed by atoms with Crippen LogP contribution in [0.1, 0.15) is 5.56 Å². The van der Waals surface area contributed by atoms with Crippen LogP contribution in [0.4, 0.5) is 17.6 Å². The second-order valence-electron chi connectivity index (χ2n) is 4.75. The lowest BCUT2D eigenvalue weighted by atomic mass is 10.0. The SMILES string of the molecule is OCc1c(-c2ccc(F)c(F)c2)noc1-c1ccc(F)cc1F. The minimum atomic E-state index is -1.09. The summed E-state index contributed by atoms with van der Waals surface area (Å²) in [5.74, 6) is -3.90. The van der Waals surface area contributed by atoms with Gasteiger partial charge < -0.3 is 9.63 Å². The Morgan fingerprint density at radius 2 is 1.70 bits per heavy atom. The van der Waals surface area contributed by atoms with Crippen LogP contribution in [0, 0.1) is 23.3 Å². The van der Waals surface area contributed by atoms with Crippen molar-refractivity contribution in [2.45, 2.75) is 6.61 Å². The molecule has 0 aliphatic carbocycles. The van der Waals surface area contributed by atoms with Gasteiger partial charge in [0.15, 0.2) is 17.4 Å². The van der Waals surface area contributed by atoms with Gasteiger partial charge in [0.1, 0.15) is 17.3 Å². The Labute approximate surface area is 127 Å². The minimum absolute atomic E-state index is 0.0464. The van der Waals surface area contributed by atoms with Crippen LogP contribution in [0.25, 0.3) is 22.6 Å². The fourth-order valence-electron chi connectivity index (χ4n) is 2.21. The molecule has 0 fully saturated rings. The number of hydrogen-bond donors (Lipinski definition) is 1. The number of aliphatic hydroxyl groups excluding tert-OH is 1. The van der Waals surface area contributed by atoms with Crippen molar-refractivity contribution >= 4 is 0 Å². The monoisotopic (exact) mass is 323 g/mol. The molecule has 1 aromatic heterocycles. The number of benzene rings is 2. The second-order valence-corrected chi connectivity index (χ2v) is 4.75. The van der Waals surface area contributed by atoms with Gasteiger partial charge in [-0.3, -0.25) is 0 Å². The largest absolute Gasteiger partial charge is 0.391 e. The first-order chi connectivity index (χ1) is 11.0. The molecule has 3 rings (SSSR count). The predicted molar refractivity (Wildman–Crippen MR) is 73.1 cm³/mol. The van der Waals surface area contributed by atoms with E-state index >= 15 is 0 Å². The Morgan fingerprint density at radius 1 is 0.913 bits per heavy atom. The van der Waals surface area contributed by atoms with Crippen molar-refractivity contribution in [3.05, 3.63) is 65.2 Å². The lowest BCUT2D eigenvalue weighted by Gasteiger charge is -2.03. The number of halogens is 4. The van der Waals surface area contributed by atoms with Gasteiger partial charge in [-0.2, -0.15) is 0 Å². The number of nitrogens with zero attached hydrogens (tertiary/aromatic N) is 1. The van der Waals surface area contributed by atoms with Crippen molar-refractivity contribution in [2.75, 3.05) is 0 Å². The maximum atomic E-state index is 13.9. The summed E-state index contributed by atoms with van der Waals surface area (Å²) in [7, 11) is 0. The van der Waals surface area contributed by atoms with E-state index in [-0.39, 0.29) is 28.1 Å². The molecular formula is C16H9F4NO2. The summed E-state index contributed by atoms with van der Waals surface area (Å²) in [5, 5.41) is 13.2. The van der Waals surface area contributed by atoms with E-state index in [1.165, 1.54) is 6.07 Å². The van der Waals surface area contributed by atoms with Crippen molar-refractivity contribution in [3.63, 3.8) is 0 Å². The van der Waals surface area contributed by atoms with E-state index in [2.05, 4.69) is 5.16 Å². The van der Waals surface area contributed by atoms with Crippen LogP contribution in [-0.2, 0) is 6.61 Å². The van der Waals surface area contributed by atoms with E-state index in [9.17, 15) is 22.7 Å². The van der Waals surface area contributed by atoms with E-state index in [4.69, 9.17) is 4.52 Å². The second kappa shape index (κ2) is 5.85. The minimum Gasteiger partial charge on any atom is -0.391 e. The summed E-state index contributed by atoms with van der Waals surface area (Å²) < 4.78 is 58.2. The average molecular weight is 323 g/mol. The highest BCUT2D eigenvalue weighted by molar-refractivity contribution is 5.72. The first-order valence-corrected chi connectivity index (χ1v) is 6.51. The van der Waals surface area contributed by atoms with Gasteiger partial charge >= 0.3 is 0 Å². The third-order valence-corrected chi connectivity index (χ3v) is 3.32. The van der Waals surface area contributed by atoms with Crippen LogP contribution in [0.5, 0.6) is 0 Å². The summed E-state index contributed by atoms with van der Waals surface area (Å²) in [6, 6.07) is 5.87. The molecule has 118 valence electrons. The molecule has 0 unspecified atom stereocenters. The first kappa shape index (κ1) is 15.2. The number of hydrogen-bond acceptors (Lipinski definition) is 3. The average Bonchev–Trinajstić information content (AvgIpc) is 2.93. The number of rotatable bonds is 3. The molecule has 0 spiro atoms. The van der Waals surface area contributed by atoms with Gasteiger partial charge in [-0.15, -0.1) is 0 Å². The van der Waals surface area contributed by atoms with Crippen LogP contribution >= 0.6 is 0 Å². The number of aliphatic hydroxyl groups is 1. The molecule has 0 bridgehead atoms. The highest BCUT2D eigenvalue weighted by Gasteiger charge is 2.21. The van der Waals surface area contributed by atoms with E-state index in [1.807, 2.05) is 0 Å². The quantitative estimate of drug-likeness (QED) is 0.740. The van der Waals surface area contributed by atoms with Gasteiger partial charge in [-0.1, -0.05) is 5.16 Å². The molecule has 2 aromatic carbocycles. The molecule has 3 nitrogen and oxygen atoms in total. The third-order valence-electron chi connectivity index (χ3n) is 3.32. The Kier molecular flexibility index (Phi) is 3.87. The molecule has 0 saturated heterocycles. The molecule has 0 atom stereocenters. The normalized spacial score (nSPS) is 11.0. The zero-order chi connectivity index (χ0) is 16.6. The zero-order valence-corrected chi connectivity index (χ0v) is 11.5. The van der Waals surface area contributed by atoms with Crippen molar-refractivity contribution < 1.29 is 27.2 Å². The van der Waals surface area contributed by atoms with Gasteiger partial charge in [-0.05, 0) is 30.3 Å². The summed E-state index contributed by atoms with van der Waals surface area (Å²) >= 11 is 0. The van der Waals surface area contributed by atoms with E-state index < -0.39 is 29.9 Å². The van der Waals surface area contributed by atoms with Crippen molar-refractivity contribution in [1.29, 1.82) is 0 Å². The van der Waals surface area contributed by atoms with Crippen LogP contribution in [-0.4, -0.2) is 10.3 Å². The lowest BCUT2D eigenvalue weighted by molar-refractivity contribution is 0.281. The molecular weight excluding hydrogens is 314 g/mol. The van der Waals surface area contributed by atoms with Crippen LogP contribution < -0.4 is 0 Å². The first-order valence-electron chi connectivity index (χ1n) is 6.51. The zero-order valence-electron chi connectivity index (χ0n) is 11.5. The van der Waals surface area contributed by atoms with Crippen molar-refractivity contribution in [2.24, 2.45) is 0 Å². The van der Waals surface area contributed by atoms with Crippen molar-refractivity contribution in [1.82, 2.24) is 5.16 Å². The lowest BCUT2D eigenvalue weighted by Crippen LogP contribution is -1.93. The molecule has 1 N–H and O–H groups in total. The molecule has 0 aliphatic rings. The van der Waals surface area contributed by atoms with E-state index in [1.54, 1.807) is 0 Å². The maximum absolute atomic E-state index is 13.9. The standard InChI is InChI=1S/C16H9F4NO2/c17-9-2-3-10(13(19)6-9)16-11(7-22)15(21-23-16)8-1-4-12(18)14(20)5-8/h1-6,22H,7H2. The maximum Gasteiger partial charge on any atom is 0.175 e. The van der Waals surface area contributed by atoms with Gasteiger partial charge in [0, 0.05) is 11.6 Å². The summed E-state index contributed by atoms with van der Waals surface area (Å²) in [5.41, 5.74) is 0.189. The van der Waals surface area contributed by atoms with Crippen molar-refractivity contribution in [3.8, 4) is 22.6 Å². The Morgan fingerprint density at radius 3 is 2.35 bits per heavy atom. The highest BCUT2D eigenvalue weighted by Crippen LogP contribution is 2.34. The van der Waals surface area contributed by atoms with Gasteiger partial charge in [0.25, 0.3) is 0 Å². The van der Waals surface area contributed by atoms with E-state index in [0.29, 0.717) is 6.07 Å². The van der Waals surface area contributed by atoms with E-state index in [0.717, 1.165) is 24.3 Å². The van der Waals surface area contributed by atoms with Gasteiger partial charge in [-0.25, -0.2) is 17.6 Å². The third kappa shape index (κ3) is 2.70. The molecule has 7 heteroatoms. The summed E-state index contributed by atoms with van der Waals surface area (Å²) in [4.78, 5) is 0. The smallest absolute Gasteiger partial charge is 0.175 e. The summed E-state index contributed by atoms with van der Waals surface area (Å²) in [6.07, 6.45) is 0. The molecule has 1 heterocycles. The molecule has 23 heavy (non-hydrogen) atoms.